The highest BCUT2D eigenvalue weighted by atomic mass is 19.4. The van der Waals surface area contributed by atoms with Crippen LogP contribution < -0.4 is 10.4 Å². The van der Waals surface area contributed by atoms with E-state index in [-0.39, 0.29) is 11.6 Å². The summed E-state index contributed by atoms with van der Waals surface area (Å²) in [6.07, 6.45) is -0.323. The molecule has 37 heavy (non-hydrogen) atoms. The number of alkyl halides is 3. The van der Waals surface area contributed by atoms with Crippen molar-refractivity contribution in [2.45, 2.75) is 70.6 Å². The summed E-state index contributed by atoms with van der Waals surface area (Å²) in [5.41, 5.74) is 1.36. The largest absolute Gasteiger partial charge is 0.545 e. The second-order valence-corrected chi connectivity index (χ2v) is 10.9. The van der Waals surface area contributed by atoms with Crippen molar-refractivity contribution in [2.75, 3.05) is 19.6 Å². The molecule has 2 heterocycles. The van der Waals surface area contributed by atoms with E-state index in [1.165, 1.54) is 0 Å². The molecular weight excluding hydrogens is 479 g/mol. The third-order valence-electron chi connectivity index (χ3n) is 7.62. The number of nitrogens with zero attached hydrogens (tertiary/aromatic N) is 2. The van der Waals surface area contributed by atoms with Crippen LogP contribution in [0.2, 0.25) is 0 Å². The number of carbonyl (C=O) groups is 1. The maximum atomic E-state index is 12.9. The van der Waals surface area contributed by atoms with Crippen LogP contribution in [0.5, 0.6) is 0 Å². The highest BCUT2D eigenvalue weighted by Gasteiger charge is 2.55. The molecule has 0 saturated carbocycles. The minimum atomic E-state index is -4.33. The molecule has 2 aromatic carbocycles. The normalized spacial score (nSPS) is 23.1. The quantitative estimate of drug-likeness (QED) is 0.379. The number of nitrogens with one attached hydrogen (secondary N) is 1. The first-order valence-electron chi connectivity index (χ1n) is 13.1. The number of aliphatic carboxylic acids is 1. The molecule has 0 aromatic heterocycles. The zero-order valence-electron chi connectivity index (χ0n) is 21.8. The smallest absolute Gasteiger partial charge is 0.416 e. The van der Waals surface area contributed by atoms with E-state index >= 15 is 0 Å². The summed E-state index contributed by atoms with van der Waals surface area (Å²) in [6, 6.07) is 15.4. The molecule has 1 N–H and O–H groups in total. The average Bonchev–Trinajstić information content (AvgIpc) is 3.18. The molecule has 2 unspecified atom stereocenters. The van der Waals surface area contributed by atoms with Gasteiger partial charge >= 0.3 is 6.18 Å². The van der Waals surface area contributed by atoms with Crippen molar-refractivity contribution in [1.29, 1.82) is 0 Å². The maximum absolute atomic E-state index is 12.9. The lowest BCUT2D eigenvalue weighted by molar-refractivity contribution is -1.03. The molecule has 0 bridgehead atoms. The van der Waals surface area contributed by atoms with E-state index in [4.69, 9.17) is 0 Å². The first kappa shape index (κ1) is 27.0. The monoisotopic (exact) mass is 515 g/mol. The summed E-state index contributed by atoms with van der Waals surface area (Å²) in [4.78, 5) is 12.3. The van der Waals surface area contributed by atoms with E-state index in [9.17, 15) is 23.1 Å². The van der Waals surface area contributed by atoms with Gasteiger partial charge in [0, 0.05) is 0 Å². The lowest BCUT2D eigenvalue weighted by atomic mass is 9.88. The Labute approximate surface area is 217 Å². The van der Waals surface area contributed by atoms with E-state index in [1.807, 2.05) is 18.2 Å². The fourth-order valence-electron chi connectivity index (χ4n) is 6.14. The second kappa shape index (κ2) is 10.4. The molecule has 0 spiro atoms. The number of carbonyl (C=O) groups excluding carboxylic acids is 1. The van der Waals surface area contributed by atoms with E-state index in [0.717, 1.165) is 62.0 Å². The fraction of sp³-hybridized carbons (Fsp3) is 0.483. The van der Waals surface area contributed by atoms with Crippen LogP contribution in [0.4, 0.5) is 13.2 Å². The van der Waals surface area contributed by atoms with Gasteiger partial charge in [-0.15, -0.1) is 0 Å². The molecule has 4 rings (SSSR count). The Morgan fingerprint density at radius 1 is 1.08 bits per heavy atom. The molecule has 2 aliphatic heterocycles. The predicted molar refractivity (Wildman–Crippen MR) is 134 cm³/mol. The Morgan fingerprint density at radius 3 is 2.35 bits per heavy atom. The molecule has 8 heteroatoms. The number of rotatable bonds is 9. The first-order chi connectivity index (χ1) is 17.5. The number of carboxylic acids is 1. The molecule has 2 aromatic rings. The maximum Gasteiger partial charge on any atom is 0.416 e. The molecule has 5 nitrogen and oxygen atoms in total. The lowest BCUT2D eigenvalue weighted by Gasteiger charge is -2.54. The highest BCUT2D eigenvalue weighted by Crippen LogP contribution is 2.45. The van der Waals surface area contributed by atoms with Crippen LogP contribution in [0.1, 0.15) is 69.2 Å². The van der Waals surface area contributed by atoms with Crippen LogP contribution in [0, 0.1) is 0 Å². The highest BCUT2D eigenvalue weighted by molar-refractivity contribution is 5.86. The van der Waals surface area contributed by atoms with Crippen molar-refractivity contribution in [2.24, 2.45) is 0 Å². The molecule has 0 amide bonds. The molecule has 0 aliphatic carbocycles. The van der Waals surface area contributed by atoms with E-state index in [2.05, 4.69) is 43.2 Å². The number of carboxylic acid groups (broad SMARTS) is 1. The Morgan fingerprint density at radius 2 is 1.76 bits per heavy atom. The minimum absolute atomic E-state index is 0.00176. The number of hydrogen-bond donors (Lipinski definition) is 1. The zero-order chi connectivity index (χ0) is 26.8. The number of halogens is 3. The van der Waals surface area contributed by atoms with Crippen molar-refractivity contribution >= 4 is 5.97 Å². The predicted octanol–water partition coefficient (Wildman–Crippen LogP) is 4.96. The van der Waals surface area contributed by atoms with Crippen LogP contribution in [0.15, 0.2) is 66.0 Å². The molecular formula is C29H36F3N3O2. The summed E-state index contributed by atoms with van der Waals surface area (Å²) in [5, 5.41) is 18.1. The number of benzene rings is 2. The number of unbranched alkanes of at least 4 members (excludes halogenated alkanes) is 1. The van der Waals surface area contributed by atoms with Crippen LogP contribution >= 0.6 is 0 Å². The lowest BCUT2D eigenvalue weighted by Crippen LogP contribution is -2.67. The molecule has 1 saturated heterocycles. The van der Waals surface area contributed by atoms with Crippen molar-refractivity contribution in [3.05, 3.63) is 82.7 Å². The van der Waals surface area contributed by atoms with Gasteiger partial charge in [0.1, 0.15) is 19.6 Å². The topological polar surface area (TPSA) is 55.4 Å². The third-order valence-corrected chi connectivity index (χ3v) is 7.62. The van der Waals surface area contributed by atoms with Crippen molar-refractivity contribution in [3.63, 3.8) is 0 Å². The van der Waals surface area contributed by atoms with Crippen molar-refractivity contribution < 1.29 is 27.7 Å². The van der Waals surface area contributed by atoms with Gasteiger partial charge in [-0.05, 0) is 69.2 Å². The SMILES string of the molecule is CCC[N+]1(CCCCc2ccc(C(F)(F)F)cc2)CC(C(=O)[O-])=C2NC(c3ccccc3)CC(C)(C)N21. The Hall–Kier alpha value is -3.00. The van der Waals surface area contributed by atoms with Gasteiger partial charge < -0.3 is 15.2 Å². The fourth-order valence-corrected chi connectivity index (χ4v) is 6.14. The molecule has 0 radical (unpaired) electrons. The molecule has 2 aliphatic rings. The summed E-state index contributed by atoms with van der Waals surface area (Å²) in [5.74, 6) is -0.487. The number of aryl methyl sites for hydroxylation is 1. The minimum Gasteiger partial charge on any atom is -0.545 e. The zero-order valence-corrected chi connectivity index (χ0v) is 21.8. The van der Waals surface area contributed by atoms with Crippen LogP contribution in [-0.2, 0) is 17.4 Å². The van der Waals surface area contributed by atoms with Crippen molar-refractivity contribution in [1.82, 2.24) is 10.3 Å². The molecule has 2 atom stereocenters. The summed E-state index contributed by atoms with van der Waals surface area (Å²) < 4.78 is 39.1. The standard InChI is InChI=1S/C29H36F3N3O2/c1-4-17-35(18-9-8-10-21-13-15-23(16-14-21)29(30,31)32)20-24(27(36)37)26-33-25(19-28(2,3)34(26)35)22-11-6-5-7-12-22/h5-7,11-16,25,33H,4,8-10,17-20H2,1-3H3. The van der Waals surface area contributed by atoms with Crippen LogP contribution in [-0.4, -0.2) is 40.7 Å². The summed E-state index contributed by atoms with van der Waals surface area (Å²) >= 11 is 0. The van der Waals surface area contributed by atoms with E-state index < -0.39 is 17.7 Å². The Bertz CT molecular complexity index is 1130. The van der Waals surface area contributed by atoms with Crippen LogP contribution in [0.25, 0.3) is 0 Å². The van der Waals surface area contributed by atoms with Gasteiger partial charge in [0.05, 0.1) is 28.7 Å². The number of hydrogen-bond acceptors (Lipinski definition) is 4. The van der Waals surface area contributed by atoms with Gasteiger partial charge in [-0.25, -0.2) is 9.60 Å². The van der Waals surface area contributed by atoms with Crippen molar-refractivity contribution in [3.8, 4) is 0 Å². The second-order valence-electron chi connectivity index (χ2n) is 10.9. The van der Waals surface area contributed by atoms with Crippen LogP contribution in [0.3, 0.4) is 0 Å². The Kier molecular flexibility index (Phi) is 7.60. The first-order valence-corrected chi connectivity index (χ1v) is 13.1. The van der Waals surface area contributed by atoms with Gasteiger partial charge in [0.25, 0.3) is 0 Å². The van der Waals surface area contributed by atoms with Gasteiger partial charge in [0.15, 0.2) is 5.82 Å². The van der Waals surface area contributed by atoms with Gasteiger partial charge in [-0.3, -0.25) is 0 Å². The van der Waals surface area contributed by atoms with E-state index in [0.29, 0.717) is 29.0 Å². The van der Waals surface area contributed by atoms with Gasteiger partial charge in [0.2, 0.25) is 0 Å². The molecule has 200 valence electrons. The van der Waals surface area contributed by atoms with Gasteiger partial charge in [-0.1, -0.05) is 49.4 Å². The number of quaternary nitrogens is 1. The summed E-state index contributed by atoms with van der Waals surface area (Å²) in [7, 11) is 0. The Balaban J connectivity index is 1.52. The third kappa shape index (κ3) is 5.64. The molecule has 1 fully saturated rings. The van der Waals surface area contributed by atoms with E-state index in [1.54, 1.807) is 12.1 Å². The number of fused-ring (bicyclic) bond motifs is 1. The average molecular weight is 516 g/mol. The van der Waals surface area contributed by atoms with Gasteiger partial charge in [-0.2, -0.15) is 13.2 Å². The summed E-state index contributed by atoms with van der Waals surface area (Å²) in [6.45, 7) is 8.36.